The normalized spacial score (nSPS) is 22.3. The van der Waals surface area contributed by atoms with Crippen molar-refractivity contribution >= 4 is 5.97 Å². The summed E-state index contributed by atoms with van der Waals surface area (Å²) in [5.74, 6) is -1.75. The van der Waals surface area contributed by atoms with Crippen molar-refractivity contribution in [1.82, 2.24) is 0 Å². The minimum Gasteiger partial charge on any atom is -0.479 e. The van der Waals surface area contributed by atoms with Crippen LogP contribution >= 0.6 is 0 Å². The van der Waals surface area contributed by atoms with Crippen LogP contribution in [0.4, 0.5) is 0 Å². The van der Waals surface area contributed by atoms with E-state index < -0.39 is 23.8 Å². The van der Waals surface area contributed by atoms with Gasteiger partial charge in [0.15, 0.2) is 11.9 Å². The number of ether oxygens (including phenoxy) is 2. The molecule has 1 aliphatic heterocycles. The fourth-order valence-corrected chi connectivity index (χ4v) is 1.91. The van der Waals surface area contributed by atoms with E-state index in [0.29, 0.717) is 26.1 Å². The van der Waals surface area contributed by atoms with Crippen molar-refractivity contribution in [1.29, 1.82) is 0 Å². The summed E-state index contributed by atoms with van der Waals surface area (Å²) in [7, 11) is 0. The Morgan fingerprint density at radius 1 is 1.47 bits per heavy atom. The van der Waals surface area contributed by atoms with Crippen LogP contribution in [0.15, 0.2) is 0 Å². The van der Waals surface area contributed by atoms with Crippen LogP contribution < -0.4 is 0 Å². The molecule has 1 saturated heterocycles. The third-order valence-electron chi connectivity index (χ3n) is 3.15. The first kappa shape index (κ1) is 14.4. The zero-order chi connectivity index (χ0) is 12.9. The summed E-state index contributed by atoms with van der Waals surface area (Å²) in [5.41, 5.74) is -1.87. The summed E-state index contributed by atoms with van der Waals surface area (Å²) < 4.78 is 10.3. The zero-order valence-electron chi connectivity index (χ0n) is 9.96. The molecule has 2 unspecified atom stereocenters. The molecule has 17 heavy (non-hydrogen) atoms. The molecule has 0 radical (unpaired) electrons. The molecule has 0 saturated carbocycles. The largest absolute Gasteiger partial charge is 0.479 e. The van der Waals surface area contributed by atoms with E-state index in [1.807, 2.05) is 0 Å². The van der Waals surface area contributed by atoms with Crippen LogP contribution in [0.5, 0.6) is 0 Å². The average Bonchev–Trinajstić information content (AvgIpc) is 2.77. The molecule has 0 aromatic rings. The Hall–Kier alpha value is -0.690. The molecule has 1 aliphatic rings. The number of rotatable bonds is 7. The lowest BCUT2D eigenvalue weighted by Gasteiger charge is -2.31. The van der Waals surface area contributed by atoms with Crippen molar-refractivity contribution in [2.24, 2.45) is 5.92 Å². The van der Waals surface area contributed by atoms with Crippen molar-refractivity contribution in [3.05, 3.63) is 0 Å². The second-order valence-electron chi connectivity index (χ2n) is 4.37. The van der Waals surface area contributed by atoms with Gasteiger partial charge in [0.25, 0.3) is 0 Å². The Labute approximate surface area is 100 Å². The molecule has 0 aromatic heterocycles. The third kappa shape index (κ3) is 3.64. The smallest absolute Gasteiger partial charge is 0.336 e. The predicted molar refractivity (Wildman–Crippen MR) is 58.4 cm³/mol. The van der Waals surface area contributed by atoms with E-state index in [1.165, 1.54) is 0 Å². The highest BCUT2D eigenvalue weighted by Gasteiger charge is 2.44. The minimum absolute atomic E-state index is 0.0174. The summed E-state index contributed by atoms with van der Waals surface area (Å²) in [6, 6.07) is 0. The molecule has 6 heteroatoms. The second kappa shape index (κ2) is 6.30. The number of carboxylic acid groups (broad SMARTS) is 1. The molecule has 0 amide bonds. The van der Waals surface area contributed by atoms with Crippen LogP contribution in [-0.2, 0) is 14.3 Å². The van der Waals surface area contributed by atoms with Crippen LogP contribution in [-0.4, -0.2) is 53.0 Å². The van der Waals surface area contributed by atoms with Crippen LogP contribution in [0.1, 0.15) is 26.2 Å². The van der Waals surface area contributed by atoms with Gasteiger partial charge in [-0.05, 0) is 18.8 Å². The number of carbonyl (C=O) groups is 1. The summed E-state index contributed by atoms with van der Waals surface area (Å²) >= 11 is 0. The third-order valence-corrected chi connectivity index (χ3v) is 3.15. The van der Waals surface area contributed by atoms with Gasteiger partial charge in [-0.2, -0.15) is 0 Å². The average molecular weight is 248 g/mol. The minimum atomic E-state index is -1.87. The summed E-state index contributed by atoms with van der Waals surface area (Å²) in [5, 5.41) is 28.1. The number of aliphatic hydroxyl groups excluding tert-OH is 1. The Morgan fingerprint density at radius 3 is 2.53 bits per heavy atom. The number of aliphatic carboxylic acids is 1. The van der Waals surface area contributed by atoms with Gasteiger partial charge < -0.3 is 24.8 Å². The summed E-state index contributed by atoms with van der Waals surface area (Å²) in [6.45, 7) is 2.48. The Kier molecular flexibility index (Phi) is 5.32. The number of carboxylic acids is 1. The molecule has 3 N–H and O–H groups in total. The molecule has 0 spiro atoms. The van der Waals surface area contributed by atoms with Gasteiger partial charge in [-0.15, -0.1) is 0 Å². The standard InChI is InChI=1S/C11H20O6/c1-8(3-2-4-12)11(15,10(13)14)7-9-16-5-6-17-9/h8-9,12,15H,2-7H2,1H3,(H,13,14). The van der Waals surface area contributed by atoms with E-state index in [4.69, 9.17) is 19.7 Å². The molecule has 1 rings (SSSR count). The van der Waals surface area contributed by atoms with E-state index in [-0.39, 0.29) is 13.0 Å². The lowest BCUT2D eigenvalue weighted by atomic mass is 9.82. The molecule has 0 bridgehead atoms. The quantitative estimate of drug-likeness (QED) is 0.585. The van der Waals surface area contributed by atoms with Gasteiger partial charge in [0, 0.05) is 13.0 Å². The molecular formula is C11H20O6. The first-order valence-corrected chi connectivity index (χ1v) is 5.80. The van der Waals surface area contributed by atoms with Gasteiger partial charge in [-0.25, -0.2) is 4.79 Å². The first-order valence-electron chi connectivity index (χ1n) is 5.80. The molecule has 0 aromatic carbocycles. The molecular weight excluding hydrogens is 228 g/mol. The zero-order valence-corrected chi connectivity index (χ0v) is 9.96. The molecule has 0 aliphatic carbocycles. The van der Waals surface area contributed by atoms with E-state index in [1.54, 1.807) is 6.92 Å². The van der Waals surface area contributed by atoms with Crippen molar-refractivity contribution in [3.8, 4) is 0 Å². The maximum Gasteiger partial charge on any atom is 0.336 e. The van der Waals surface area contributed by atoms with E-state index >= 15 is 0 Å². The lowest BCUT2D eigenvalue weighted by molar-refractivity contribution is -0.178. The Morgan fingerprint density at radius 2 is 2.06 bits per heavy atom. The first-order chi connectivity index (χ1) is 8.00. The predicted octanol–water partition coefficient (Wildman–Crippen LogP) is -0.0263. The SMILES string of the molecule is CC(CCCO)C(O)(CC1OCCO1)C(=O)O. The van der Waals surface area contributed by atoms with Crippen LogP contribution in [0.2, 0.25) is 0 Å². The molecule has 100 valence electrons. The lowest BCUT2D eigenvalue weighted by Crippen LogP contribution is -2.47. The Balaban J connectivity index is 2.62. The molecule has 1 fully saturated rings. The van der Waals surface area contributed by atoms with Crippen molar-refractivity contribution in [3.63, 3.8) is 0 Å². The van der Waals surface area contributed by atoms with Gasteiger partial charge in [-0.1, -0.05) is 6.92 Å². The summed E-state index contributed by atoms with van der Waals surface area (Å²) in [4.78, 5) is 11.2. The highest BCUT2D eigenvalue weighted by Crippen LogP contribution is 2.29. The summed E-state index contributed by atoms with van der Waals surface area (Å²) in [6.07, 6.45) is 0.150. The van der Waals surface area contributed by atoms with Crippen molar-refractivity contribution < 1.29 is 29.6 Å². The van der Waals surface area contributed by atoms with Crippen LogP contribution in [0.3, 0.4) is 0 Å². The van der Waals surface area contributed by atoms with Gasteiger partial charge in [0.2, 0.25) is 0 Å². The number of hydrogen-bond acceptors (Lipinski definition) is 5. The van der Waals surface area contributed by atoms with Crippen molar-refractivity contribution in [2.75, 3.05) is 19.8 Å². The second-order valence-corrected chi connectivity index (χ2v) is 4.37. The monoisotopic (exact) mass is 248 g/mol. The fraction of sp³-hybridized carbons (Fsp3) is 0.909. The highest BCUT2D eigenvalue weighted by molar-refractivity contribution is 5.77. The molecule has 2 atom stereocenters. The van der Waals surface area contributed by atoms with Gasteiger partial charge in [-0.3, -0.25) is 0 Å². The highest BCUT2D eigenvalue weighted by atomic mass is 16.7. The van der Waals surface area contributed by atoms with Gasteiger partial charge >= 0.3 is 5.97 Å². The topological polar surface area (TPSA) is 96.2 Å². The maximum absolute atomic E-state index is 11.2. The number of aliphatic hydroxyl groups is 2. The van der Waals surface area contributed by atoms with Crippen LogP contribution in [0, 0.1) is 5.92 Å². The van der Waals surface area contributed by atoms with E-state index in [0.717, 1.165) is 0 Å². The molecule has 6 nitrogen and oxygen atoms in total. The van der Waals surface area contributed by atoms with Gasteiger partial charge in [0.05, 0.1) is 13.2 Å². The van der Waals surface area contributed by atoms with Crippen molar-refractivity contribution in [2.45, 2.75) is 38.1 Å². The van der Waals surface area contributed by atoms with E-state index in [9.17, 15) is 9.90 Å². The van der Waals surface area contributed by atoms with Gasteiger partial charge in [0.1, 0.15) is 0 Å². The Bertz CT molecular complexity index is 250. The maximum atomic E-state index is 11.2. The fourth-order valence-electron chi connectivity index (χ4n) is 1.91. The molecule has 1 heterocycles. The van der Waals surface area contributed by atoms with E-state index in [2.05, 4.69) is 0 Å². The number of hydrogen-bond donors (Lipinski definition) is 3. The van der Waals surface area contributed by atoms with Crippen LogP contribution in [0.25, 0.3) is 0 Å².